The summed E-state index contributed by atoms with van der Waals surface area (Å²) in [4.78, 5) is 51.9. The summed E-state index contributed by atoms with van der Waals surface area (Å²) < 4.78 is 15.9. The largest absolute Gasteiger partial charge is 0.454 e. The van der Waals surface area contributed by atoms with Crippen LogP contribution >= 0.6 is 0 Å². The highest BCUT2D eigenvalue weighted by Crippen LogP contribution is 2.32. The minimum Gasteiger partial charge on any atom is -0.454 e. The molecule has 3 amide bonds. The second kappa shape index (κ2) is 9.53. The average molecular weight is 486 g/mol. The predicted molar refractivity (Wildman–Crippen MR) is 126 cm³/mol. The van der Waals surface area contributed by atoms with Crippen molar-refractivity contribution in [2.45, 2.75) is 26.1 Å². The first-order chi connectivity index (χ1) is 17.4. The first-order valence-electron chi connectivity index (χ1n) is 11.3. The van der Waals surface area contributed by atoms with Crippen molar-refractivity contribution in [3.8, 4) is 11.5 Å². The number of hydrogen-bond acceptors (Lipinski definition) is 7. The van der Waals surface area contributed by atoms with Crippen molar-refractivity contribution in [3.63, 3.8) is 0 Å². The Labute approximate surface area is 206 Å². The zero-order valence-corrected chi connectivity index (χ0v) is 19.4. The Morgan fingerprint density at radius 3 is 2.47 bits per heavy atom. The number of fused-ring (bicyclic) bond motifs is 2. The van der Waals surface area contributed by atoms with E-state index < -0.39 is 29.8 Å². The number of benzene rings is 3. The third-order valence-electron chi connectivity index (χ3n) is 5.95. The fourth-order valence-corrected chi connectivity index (χ4v) is 3.99. The molecule has 9 nitrogen and oxygen atoms in total. The van der Waals surface area contributed by atoms with E-state index in [0.717, 1.165) is 16.0 Å². The van der Waals surface area contributed by atoms with Gasteiger partial charge in [0, 0.05) is 6.54 Å². The average Bonchev–Trinajstić information content (AvgIpc) is 3.46. The lowest BCUT2D eigenvalue weighted by molar-refractivity contribution is -0.129. The molecule has 3 aromatic carbocycles. The summed E-state index contributed by atoms with van der Waals surface area (Å²) in [5.41, 5.74) is 2.04. The molecule has 36 heavy (non-hydrogen) atoms. The Morgan fingerprint density at radius 2 is 1.67 bits per heavy atom. The summed E-state index contributed by atoms with van der Waals surface area (Å²) >= 11 is 0. The molecule has 0 fully saturated rings. The smallest absolute Gasteiger partial charge is 0.338 e. The normalized spacial score (nSPS) is 14.4. The number of amides is 3. The fraction of sp³-hybridized carbons (Fsp3) is 0.185. The Kier molecular flexibility index (Phi) is 6.12. The first-order valence-corrected chi connectivity index (χ1v) is 11.3. The van der Waals surface area contributed by atoms with Crippen molar-refractivity contribution in [2.75, 3.05) is 6.79 Å². The van der Waals surface area contributed by atoms with Crippen LogP contribution in [0.1, 0.15) is 49.1 Å². The Bertz CT molecular complexity index is 1370. The summed E-state index contributed by atoms with van der Waals surface area (Å²) in [5.74, 6) is -0.913. The van der Waals surface area contributed by atoms with Crippen LogP contribution in [0.2, 0.25) is 0 Å². The number of rotatable bonds is 7. The van der Waals surface area contributed by atoms with Crippen LogP contribution in [0.4, 0.5) is 0 Å². The lowest BCUT2D eigenvalue weighted by Crippen LogP contribution is -2.35. The van der Waals surface area contributed by atoms with Crippen molar-refractivity contribution < 1.29 is 33.4 Å². The van der Waals surface area contributed by atoms with Gasteiger partial charge in [-0.25, -0.2) is 4.79 Å². The zero-order chi connectivity index (χ0) is 25.2. The van der Waals surface area contributed by atoms with E-state index in [1.54, 1.807) is 18.2 Å². The van der Waals surface area contributed by atoms with Gasteiger partial charge in [0.25, 0.3) is 17.7 Å². The van der Waals surface area contributed by atoms with Gasteiger partial charge in [-0.3, -0.25) is 19.3 Å². The maximum absolute atomic E-state index is 12.9. The highest BCUT2D eigenvalue weighted by atomic mass is 16.7. The van der Waals surface area contributed by atoms with Crippen molar-refractivity contribution in [1.29, 1.82) is 0 Å². The van der Waals surface area contributed by atoms with Gasteiger partial charge in [0.1, 0.15) is 0 Å². The summed E-state index contributed by atoms with van der Waals surface area (Å²) in [7, 11) is 0. The minimum absolute atomic E-state index is 0.0758. The molecule has 0 spiro atoms. The molecule has 0 aromatic heterocycles. The molecule has 2 heterocycles. The molecule has 1 atom stereocenters. The second-order valence-electron chi connectivity index (χ2n) is 8.40. The zero-order valence-electron chi connectivity index (χ0n) is 19.4. The van der Waals surface area contributed by atoms with Crippen molar-refractivity contribution in [3.05, 3.63) is 94.5 Å². The number of nitrogens with zero attached hydrogens (tertiary/aromatic N) is 1. The fourth-order valence-electron chi connectivity index (χ4n) is 3.99. The van der Waals surface area contributed by atoms with E-state index in [2.05, 4.69) is 5.32 Å². The third kappa shape index (κ3) is 4.50. The lowest BCUT2D eigenvalue weighted by atomic mass is 10.1. The quantitative estimate of drug-likeness (QED) is 0.404. The third-order valence-corrected chi connectivity index (χ3v) is 5.95. The van der Waals surface area contributed by atoms with Gasteiger partial charge in [-0.15, -0.1) is 0 Å². The molecule has 0 bridgehead atoms. The summed E-state index contributed by atoms with van der Waals surface area (Å²) in [6.07, 6.45) is -1.08. The van der Waals surface area contributed by atoms with Gasteiger partial charge < -0.3 is 19.5 Å². The number of carbonyl (C=O) groups excluding carboxylic acids is 4. The van der Waals surface area contributed by atoms with Crippen molar-refractivity contribution in [2.24, 2.45) is 0 Å². The highest BCUT2D eigenvalue weighted by molar-refractivity contribution is 6.21. The lowest BCUT2D eigenvalue weighted by Gasteiger charge is -2.14. The number of hydrogen-bond donors (Lipinski definition) is 1. The van der Waals surface area contributed by atoms with Crippen molar-refractivity contribution in [1.82, 2.24) is 10.2 Å². The van der Waals surface area contributed by atoms with Crippen LogP contribution in [0.15, 0.2) is 66.7 Å². The molecular formula is C27H22N2O7. The standard InChI is InChI=1S/C27H22N2O7/c1-16(24(30)28-13-18-7-10-22-23(11-18)35-15-34-22)36-27(33)19-8-9-20-21(12-19)26(32)29(25(20)31)14-17-5-3-2-4-6-17/h2-12,16H,13-15H2,1H3,(H,28,30). The van der Waals surface area contributed by atoms with E-state index in [1.165, 1.54) is 25.1 Å². The molecular weight excluding hydrogens is 464 g/mol. The van der Waals surface area contributed by atoms with E-state index in [9.17, 15) is 19.2 Å². The SMILES string of the molecule is CC(OC(=O)c1ccc2c(c1)C(=O)N(Cc1ccccc1)C2=O)C(=O)NCc1ccc2c(c1)OCO2. The van der Waals surface area contributed by atoms with Crippen LogP contribution in [-0.2, 0) is 22.6 Å². The van der Waals surface area contributed by atoms with Gasteiger partial charge in [-0.05, 0) is 48.4 Å². The molecule has 5 rings (SSSR count). The van der Waals surface area contributed by atoms with E-state index in [0.29, 0.717) is 11.5 Å². The van der Waals surface area contributed by atoms with Crippen LogP contribution in [0.5, 0.6) is 11.5 Å². The second-order valence-corrected chi connectivity index (χ2v) is 8.40. The molecule has 2 aliphatic heterocycles. The van der Waals surface area contributed by atoms with E-state index in [1.807, 2.05) is 30.3 Å². The molecule has 2 aliphatic rings. The van der Waals surface area contributed by atoms with Gasteiger partial charge in [-0.2, -0.15) is 0 Å². The topological polar surface area (TPSA) is 111 Å². The molecule has 0 saturated heterocycles. The Morgan fingerprint density at radius 1 is 0.917 bits per heavy atom. The minimum atomic E-state index is -1.08. The Balaban J connectivity index is 1.20. The van der Waals surface area contributed by atoms with Crippen LogP contribution in [0.3, 0.4) is 0 Å². The molecule has 182 valence electrons. The summed E-state index contributed by atoms with van der Waals surface area (Å²) in [5, 5.41) is 2.71. The summed E-state index contributed by atoms with van der Waals surface area (Å²) in [6.45, 7) is 1.96. The predicted octanol–water partition coefficient (Wildman–Crippen LogP) is 3.07. The van der Waals surface area contributed by atoms with E-state index >= 15 is 0 Å². The van der Waals surface area contributed by atoms with Gasteiger partial charge in [-0.1, -0.05) is 36.4 Å². The van der Waals surface area contributed by atoms with Crippen LogP contribution in [0, 0.1) is 0 Å². The molecule has 1 N–H and O–H groups in total. The first kappa shape index (κ1) is 23.1. The van der Waals surface area contributed by atoms with E-state index in [-0.39, 0.29) is 36.6 Å². The monoisotopic (exact) mass is 486 g/mol. The summed E-state index contributed by atoms with van der Waals surface area (Å²) in [6, 6.07) is 18.7. The number of carbonyl (C=O) groups is 4. The molecule has 0 radical (unpaired) electrons. The molecule has 3 aromatic rings. The number of esters is 1. The maximum atomic E-state index is 12.9. The number of nitrogens with one attached hydrogen (secondary N) is 1. The van der Waals surface area contributed by atoms with Gasteiger partial charge >= 0.3 is 5.97 Å². The maximum Gasteiger partial charge on any atom is 0.338 e. The van der Waals surface area contributed by atoms with Crippen LogP contribution < -0.4 is 14.8 Å². The number of imide groups is 1. The van der Waals surface area contributed by atoms with Crippen LogP contribution in [-0.4, -0.2) is 41.5 Å². The molecule has 9 heteroatoms. The van der Waals surface area contributed by atoms with Gasteiger partial charge in [0.15, 0.2) is 17.6 Å². The molecule has 0 aliphatic carbocycles. The Hall–Kier alpha value is -4.66. The van der Waals surface area contributed by atoms with Gasteiger partial charge in [0.2, 0.25) is 6.79 Å². The number of ether oxygens (including phenoxy) is 3. The van der Waals surface area contributed by atoms with Crippen LogP contribution in [0.25, 0.3) is 0 Å². The van der Waals surface area contributed by atoms with Gasteiger partial charge in [0.05, 0.1) is 23.2 Å². The molecule has 1 unspecified atom stereocenters. The van der Waals surface area contributed by atoms with Crippen molar-refractivity contribution >= 4 is 23.7 Å². The molecule has 0 saturated carbocycles. The highest BCUT2D eigenvalue weighted by Gasteiger charge is 2.36. The van der Waals surface area contributed by atoms with E-state index in [4.69, 9.17) is 14.2 Å².